The lowest BCUT2D eigenvalue weighted by atomic mass is 9.94. The normalized spacial score (nSPS) is 17.4. The van der Waals surface area contributed by atoms with Crippen LogP contribution in [0.1, 0.15) is 31.4 Å². The summed E-state index contributed by atoms with van der Waals surface area (Å²) >= 11 is 0. The molecule has 0 spiro atoms. The van der Waals surface area contributed by atoms with E-state index in [1.54, 1.807) is 11.9 Å². The highest BCUT2D eigenvalue weighted by Gasteiger charge is 2.26. The van der Waals surface area contributed by atoms with E-state index in [2.05, 4.69) is 0 Å². The molecule has 0 radical (unpaired) electrons. The van der Waals surface area contributed by atoms with Crippen molar-refractivity contribution in [2.75, 3.05) is 26.7 Å². The average molecular weight is 303 g/mol. The van der Waals surface area contributed by atoms with Gasteiger partial charge in [-0.05, 0) is 12.0 Å². The summed E-state index contributed by atoms with van der Waals surface area (Å²) < 4.78 is 0. The maximum absolute atomic E-state index is 12.5. The fourth-order valence-corrected chi connectivity index (χ4v) is 2.79. The number of carbonyl (C=O) groups is 2. The molecule has 2 atom stereocenters. The van der Waals surface area contributed by atoms with Crippen molar-refractivity contribution in [3.63, 3.8) is 0 Å². The van der Waals surface area contributed by atoms with Gasteiger partial charge >= 0.3 is 0 Å². The third-order valence-electron chi connectivity index (χ3n) is 4.37. The van der Waals surface area contributed by atoms with E-state index in [0.29, 0.717) is 19.5 Å². The summed E-state index contributed by atoms with van der Waals surface area (Å²) in [6.45, 7) is 3.82. The van der Waals surface area contributed by atoms with Crippen LogP contribution in [0.25, 0.3) is 0 Å². The molecule has 1 fully saturated rings. The van der Waals surface area contributed by atoms with E-state index in [1.165, 1.54) is 0 Å². The lowest BCUT2D eigenvalue weighted by molar-refractivity contribution is -0.136. The van der Waals surface area contributed by atoms with Crippen LogP contribution >= 0.6 is 0 Å². The number of amides is 2. The van der Waals surface area contributed by atoms with Gasteiger partial charge in [0.05, 0.1) is 5.92 Å². The molecule has 0 bridgehead atoms. The van der Waals surface area contributed by atoms with Crippen LogP contribution in [0.4, 0.5) is 0 Å². The molecule has 1 aliphatic heterocycles. The van der Waals surface area contributed by atoms with Crippen LogP contribution in [0.15, 0.2) is 30.3 Å². The van der Waals surface area contributed by atoms with Crippen molar-refractivity contribution in [2.24, 2.45) is 11.7 Å². The summed E-state index contributed by atoms with van der Waals surface area (Å²) in [6, 6.07) is 9.35. The number of hydrogen-bond donors (Lipinski definition) is 1. The van der Waals surface area contributed by atoms with Gasteiger partial charge in [0.1, 0.15) is 0 Å². The topological polar surface area (TPSA) is 66.6 Å². The highest BCUT2D eigenvalue weighted by atomic mass is 16.2. The number of nitrogens with zero attached hydrogens (tertiary/aromatic N) is 2. The molecule has 2 rings (SSSR count). The predicted molar refractivity (Wildman–Crippen MR) is 86.0 cm³/mol. The van der Waals surface area contributed by atoms with E-state index >= 15 is 0 Å². The van der Waals surface area contributed by atoms with E-state index < -0.39 is 0 Å². The summed E-state index contributed by atoms with van der Waals surface area (Å²) in [7, 11) is 1.77. The monoisotopic (exact) mass is 303 g/mol. The highest BCUT2D eigenvalue weighted by Crippen LogP contribution is 2.20. The number of rotatable bonds is 6. The van der Waals surface area contributed by atoms with Gasteiger partial charge < -0.3 is 15.5 Å². The molecule has 1 aliphatic rings. The van der Waals surface area contributed by atoms with Gasteiger partial charge in [0.2, 0.25) is 11.8 Å². The Morgan fingerprint density at radius 3 is 2.64 bits per heavy atom. The van der Waals surface area contributed by atoms with Crippen molar-refractivity contribution in [1.29, 1.82) is 0 Å². The molecule has 0 aromatic heterocycles. The molecule has 1 aromatic carbocycles. The highest BCUT2D eigenvalue weighted by molar-refractivity contribution is 5.80. The summed E-state index contributed by atoms with van der Waals surface area (Å²) in [6.07, 6.45) is 1.55. The van der Waals surface area contributed by atoms with E-state index in [1.807, 2.05) is 42.2 Å². The molecule has 1 heterocycles. The Kier molecular flexibility index (Phi) is 5.55. The molecule has 1 saturated heterocycles. The van der Waals surface area contributed by atoms with E-state index in [4.69, 9.17) is 5.73 Å². The van der Waals surface area contributed by atoms with Crippen LogP contribution in [0, 0.1) is 5.92 Å². The number of likely N-dealkylation sites (N-methyl/N-ethyl adjacent to an activating group) is 1. The minimum absolute atomic E-state index is 0.0167. The van der Waals surface area contributed by atoms with Gasteiger partial charge in [-0.3, -0.25) is 9.59 Å². The minimum Gasteiger partial charge on any atom is -0.344 e. The molecular formula is C17H25N3O2. The molecule has 0 unspecified atom stereocenters. The standard InChI is InChI=1S/C17H25N3O2/c1-13(16(18)14-7-4-3-5-8-14)17(22)19(2)11-12-20-10-6-9-15(20)21/h3-5,7-8,13,16H,6,9-12,18H2,1-2H3/t13-,16-/m1/s1. The van der Waals surface area contributed by atoms with Crippen molar-refractivity contribution in [3.05, 3.63) is 35.9 Å². The molecule has 0 aliphatic carbocycles. The van der Waals surface area contributed by atoms with Gasteiger partial charge in [0.15, 0.2) is 0 Å². The summed E-state index contributed by atoms with van der Waals surface area (Å²) in [4.78, 5) is 27.6. The van der Waals surface area contributed by atoms with Crippen molar-refractivity contribution in [1.82, 2.24) is 9.80 Å². The molecule has 0 saturated carbocycles. The Morgan fingerprint density at radius 2 is 2.05 bits per heavy atom. The number of carbonyl (C=O) groups excluding carboxylic acids is 2. The van der Waals surface area contributed by atoms with Crippen molar-refractivity contribution >= 4 is 11.8 Å². The molecule has 1 aromatic rings. The Balaban J connectivity index is 1.88. The molecule has 5 heteroatoms. The van der Waals surface area contributed by atoms with Crippen LogP contribution in [0.2, 0.25) is 0 Å². The summed E-state index contributed by atoms with van der Waals surface area (Å²) in [5, 5.41) is 0. The van der Waals surface area contributed by atoms with Crippen molar-refractivity contribution in [3.8, 4) is 0 Å². The fraction of sp³-hybridized carbons (Fsp3) is 0.529. The number of benzene rings is 1. The number of likely N-dealkylation sites (tertiary alicyclic amines) is 1. The SMILES string of the molecule is C[C@@H](C(=O)N(C)CCN1CCCC1=O)[C@@H](N)c1ccccc1. The van der Waals surface area contributed by atoms with Crippen molar-refractivity contribution < 1.29 is 9.59 Å². The second-order valence-electron chi connectivity index (χ2n) is 5.97. The van der Waals surface area contributed by atoms with Crippen LogP contribution < -0.4 is 5.73 Å². The van der Waals surface area contributed by atoms with E-state index in [9.17, 15) is 9.59 Å². The maximum atomic E-state index is 12.5. The van der Waals surface area contributed by atoms with Crippen LogP contribution in [0.5, 0.6) is 0 Å². The molecule has 22 heavy (non-hydrogen) atoms. The van der Waals surface area contributed by atoms with Gasteiger partial charge in [-0.1, -0.05) is 37.3 Å². The van der Waals surface area contributed by atoms with E-state index in [0.717, 1.165) is 18.5 Å². The molecular weight excluding hydrogens is 278 g/mol. The first-order valence-electron chi connectivity index (χ1n) is 7.84. The first kappa shape index (κ1) is 16.5. The van der Waals surface area contributed by atoms with Gasteiger partial charge in [-0.25, -0.2) is 0 Å². The maximum Gasteiger partial charge on any atom is 0.227 e. The lowest BCUT2D eigenvalue weighted by Crippen LogP contribution is -2.41. The van der Waals surface area contributed by atoms with Gasteiger partial charge in [-0.15, -0.1) is 0 Å². The number of hydrogen-bond acceptors (Lipinski definition) is 3. The zero-order chi connectivity index (χ0) is 16.1. The third-order valence-corrected chi connectivity index (χ3v) is 4.37. The zero-order valence-corrected chi connectivity index (χ0v) is 13.4. The minimum atomic E-state index is -0.315. The Bertz CT molecular complexity index is 518. The molecule has 5 nitrogen and oxygen atoms in total. The first-order valence-corrected chi connectivity index (χ1v) is 7.84. The van der Waals surface area contributed by atoms with Crippen LogP contribution in [-0.4, -0.2) is 48.3 Å². The summed E-state index contributed by atoms with van der Waals surface area (Å²) in [5.41, 5.74) is 7.17. The molecule has 2 amide bonds. The predicted octanol–water partition coefficient (Wildman–Crippen LogP) is 1.40. The fourth-order valence-electron chi connectivity index (χ4n) is 2.79. The first-order chi connectivity index (χ1) is 10.5. The zero-order valence-electron chi connectivity index (χ0n) is 13.4. The smallest absolute Gasteiger partial charge is 0.227 e. The van der Waals surface area contributed by atoms with Crippen LogP contribution in [0.3, 0.4) is 0 Å². The Hall–Kier alpha value is -1.88. The van der Waals surface area contributed by atoms with E-state index in [-0.39, 0.29) is 23.8 Å². The Morgan fingerprint density at radius 1 is 1.36 bits per heavy atom. The van der Waals surface area contributed by atoms with Crippen molar-refractivity contribution in [2.45, 2.75) is 25.8 Å². The lowest BCUT2D eigenvalue weighted by Gasteiger charge is -2.27. The molecule has 120 valence electrons. The van der Waals surface area contributed by atoms with Gasteiger partial charge in [0.25, 0.3) is 0 Å². The van der Waals surface area contributed by atoms with Crippen LogP contribution in [-0.2, 0) is 9.59 Å². The quantitative estimate of drug-likeness (QED) is 0.864. The second-order valence-corrected chi connectivity index (χ2v) is 5.97. The largest absolute Gasteiger partial charge is 0.344 e. The van der Waals surface area contributed by atoms with Gasteiger partial charge in [0, 0.05) is 39.1 Å². The Labute approximate surface area is 132 Å². The molecule has 2 N–H and O–H groups in total. The summed E-state index contributed by atoms with van der Waals surface area (Å²) in [5.74, 6) is -0.0837. The van der Waals surface area contributed by atoms with Gasteiger partial charge in [-0.2, -0.15) is 0 Å². The average Bonchev–Trinajstić information content (AvgIpc) is 2.96. The second kappa shape index (κ2) is 7.40. The number of nitrogens with two attached hydrogens (primary N) is 1. The third kappa shape index (κ3) is 3.85.